The van der Waals surface area contributed by atoms with E-state index in [1.54, 1.807) is 54.6 Å². The van der Waals surface area contributed by atoms with Crippen LogP contribution in [-0.2, 0) is 14.8 Å². The lowest BCUT2D eigenvalue weighted by molar-refractivity contribution is -0.114. The third kappa shape index (κ3) is 4.62. The molecule has 182 valence electrons. The molecule has 0 bridgehead atoms. The number of hydrogen-bond donors (Lipinski definition) is 2. The van der Waals surface area contributed by atoms with Crippen molar-refractivity contribution in [1.82, 2.24) is 4.31 Å². The molecule has 3 aromatic carbocycles. The Bertz CT molecular complexity index is 1500. The molecule has 36 heavy (non-hydrogen) atoms. The minimum atomic E-state index is -4.38. The molecule has 4 rings (SSSR count). The highest BCUT2D eigenvalue weighted by Gasteiger charge is 2.50. The Balaban J connectivity index is 1.89. The summed E-state index contributed by atoms with van der Waals surface area (Å²) < 4.78 is 29.1. The smallest absolute Gasteiger partial charge is 0.245 e. The number of sulfonamides is 1. The molecule has 0 aromatic heterocycles. The van der Waals surface area contributed by atoms with E-state index in [-0.39, 0.29) is 27.6 Å². The van der Waals surface area contributed by atoms with Crippen LogP contribution in [0.4, 0.5) is 5.69 Å². The highest BCUT2D eigenvalue weighted by Crippen LogP contribution is 2.44. The fraction of sp³-hybridized carbons (Fsp3) is 0.115. The lowest BCUT2D eigenvalue weighted by Gasteiger charge is -2.30. The van der Waals surface area contributed by atoms with Crippen LogP contribution in [0.15, 0.2) is 95.0 Å². The quantitative estimate of drug-likeness (QED) is 0.471. The average Bonchev–Trinajstić information content (AvgIpc) is 3.17. The third-order valence-corrected chi connectivity index (χ3v) is 7.85. The monoisotopic (exact) mass is 520 g/mol. The predicted molar refractivity (Wildman–Crippen MR) is 135 cm³/mol. The van der Waals surface area contributed by atoms with Crippen LogP contribution in [-0.4, -0.2) is 30.5 Å². The van der Waals surface area contributed by atoms with Crippen LogP contribution in [0.1, 0.15) is 28.9 Å². The van der Waals surface area contributed by atoms with E-state index >= 15 is 0 Å². The van der Waals surface area contributed by atoms with Crippen LogP contribution in [0, 0.1) is 11.3 Å². The van der Waals surface area contributed by atoms with E-state index in [2.05, 4.69) is 5.32 Å². The molecule has 0 unspecified atom stereocenters. The number of amides is 1. The van der Waals surface area contributed by atoms with Crippen LogP contribution in [0.5, 0.6) is 0 Å². The molecule has 0 aliphatic carbocycles. The summed E-state index contributed by atoms with van der Waals surface area (Å²) >= 11 is 6.03. The summed E-state index contributed by atoms with van der Waals surface area (Å²) in [5.74, 6) is -0.868. The third-order valence-electron chi connectivity index (χ3n) is 5.75. The minimum absolute atomic E-state index is 0.0370. The molecule has 0 saturated carbocycles. The van der Waals surface area contributed by atoms with E-state index in [4.69, 9.17) is 17.3 Å². The molecular formula is C26H21ClN4O4S. The first-order valence-electron chi connectivity index (χ1n) is 10.8. The Labute approximate surface area is 213 Å². The van der Waals surface area contributed by atoms with E-state index in [9.17, 15) is 23.3 Å². The van der Waals surface area contributed by atoms with Gasteiger partial charge in [0.1, 0.15) is 6.04 Å². The van der Waals surface area contributed by atoms with Crippen molar-refractivity contribution in [1.29, 1.82) is 5.26 Å². The van der Waals surface area contributed by atoms with Gasteiger partial charge in [0.25, 0.3) is 0 Å². The Morgan fingerprint density at radius 2 is 1.61 bits per heavy atom. The van der Waals surface area contributed by atoms with Gasteiger partial charge in [-0.2, -0.15) is 9.57 Å². The van der Waals surface area contributed by atoms with Gasteiger partial charge in [0.2, 0.25) is 15.9 Å². The van der Waals surface area contributed by atoms with Gasteiger partial charge < -0.3 is 11.1 Å². The molecule has 1 aliphatic rings. The highest BCUT2D eigenvalue weighted by molar-refractivity contribution is 7.89. The molecule has 1 aliphatic heterocycles. The van der Waals surface area contributed by atoms with E-state index in [0.717, 1.165) is 4.31 Å². The maximum Gasteiger partial charge on any atom is 0.245 e. The van der Waals surface area contributed by atoms with Gasteiger partial charge in [0, 0.05) is 23.2 Å². The average molecular weight is 521 g/mol. The molecule has 3 N–H and O–H groups in total. The summed E-state index contributed by atoms with van der Waals surface area (Å²) in [4.78, 5) is 24.8. The van der Waals surface area contributed by atoms with Gasteiger partial charge in [-0.25, -0.2) is 8.42 Å². The number of anilines is 1. The summed E-state index contributed by atoms with van der Waals surface area (Å²) in [5.41, 5.74) is 7.25. The maximum atomic E-state index is 14.0. The fourth-order valence-corrected chi connectivity index (χ4v) is 5.97. The van der Waals surface area contributed by atoms with Crippen molar-refractivity contribution in [3.8, 4) is 6.07 Å². The van der Waals surface area contributed by atoms with Crippen molar-refractivity contribution < 1.29 is 18.0 Å². The molecule has 10 heteroatoms. The van der Waals surface area contributed by atoms with Crippen molar-refractivity contribution in [3.05, 3.63) is 106 Å². The number of Topliss-reactive ketones (excluding diaryl/α,β-unsaturated/α-hetero) is 1. The molecule has 0 saturated heterocycles. The molecule has 0 radical (unpaired) electrons. The molecule has 2 atom stereocenters. The summed E-state index contributed by atoms with van der Waals surface area (Å²) in [7, 11) is -4.38. The van der Waals surface area contributed by atoms with Crippen molar-refractivity contribution in [3.63, 3.8) is 0 Å². The Kier molecular flexibility index (Phi) is 6.95. The van der Waals surface area contributed by atoms with Crippen LogP contribution >= 0.6 is 11.6 Å². The first-order valence-corrected chi connectivity index (χ1v) is 12.6. The number of nitrogens with one attached hydrogen (secondary N) is 1. The second kappa shape index (κ2) is 9.95. The fourth-order valence-electron chi connectivity index (χ4n) is 4.13. The van der Waals surface area contributed by atoms with Gasteiger partial charge >= 0.3 is 0 Å². The SMILES string of the molecule is CC(=O)Nc1ccc(S(=O)(=O)N2[C@H](C(=O)c3ccccc3)C(N)=C(C#N)[C@@H]2c2ccc(Cl)cc2)cc1. The predicted octanol–water partition coefficient (Wildman–Crippen LogP) is 4.03. The molecule has 0 fully saturated rings. The van der Waals surface area contributed by atoms with Crippen molar-refractivity contribution in [2.75, 3.05) is 5.32 Å². The number of carbonyl (C=O) groups excluding carboxylic acids is 2. The van der Waals surface area contributed by atoms with Gasteiger partial charge in [-0.05, 0) is 42.0 Å². The molecule has 1 amide bonds. The van der Waals surface area contributed by atoms with E-state index in [1.807, 2.05) is 6.07 Å². The number of ketones is 1. The zero-order valence-corrected chi connectivity index (χ0v) is 20.6. The van der Waals surface area contributed by atoms with Gasteiger partial charge in [0.15, 0.2) is 5.78 Å². The number of benzene rings is 3. The van der Waals surface area contributed by atoms with Crippen LogP contribution in [0.2, 0.25) is 5.02 Å². The van der Waals surface area contributed by atoms with Crippen molar-refractivity contribution >= 4 is 39.0 Å². The Morgan fingerprint density at radius 3 is 2.17 bits per heavy atom. The molecule has 0 spiro atoms. The molecule has 3 aromatic rings. The highest BCUT2D eigenvalue weighted by atomic mass is 35.5. The van der Waals surface area contributed by atoms with Crippen molar-refractivity contribution in [2.45, 2.75) is 23.9 Å². The number of nitrogens with zero attached hydrogens (tertiary/aromatic N) is 2. The maximum absolute atomic E-state index is 14.0. The number of nitriles is 1. The van der Waals surface area contributed by atoms with Gasteiger partial charge in [-0.1, -0.05) is 54.1 Å². The zero-order valence-electron chi connectivity index (χ0n) is 19.1. The second-order valence-electron chi connectivity index (χ2n) is 8.11. The van der Waals surface area contributed by atoms with E-state index in [0.29, 0.717) is 16.3 Å². The van der Waals surface area contributed by atoms with Gasteiger partial charge in [-0.15, -0.1) is 0 Å². The number of carbonyl (C=O) groups is 2. The number of halogens is 1. The Hall–Kier alpha value is -3.97. The number of rotatable bonds is 6. The van der Waals surface area contributed by atoms with Crippen LogP contribution in [0.3, 0.4) is 0 Å². The lowest BCUT2D eigenvalue weighted by atomic mass is 10.00. The lowest BCUT2D eigenvalue weighted by Crippen LogP contribution is -2.45. The number of nitrogens with two attached hydrogens (primary N) is 1. The van der Waals surface area contributed by atoms with Crippen molar-refractivity contribution in [2.24, 2.45) is 5.73 Å². The normalized spacial score (nSPS) is 18.0. The summed E-state index contributed by atoms with van der Waals surface area (Å²) in [5, 5.41) is 13.0. The van der Waals surface area contributed by atoms with Gasteiger partial charge in [0.05, 0.1) is 28.3 Å². The van der Waals surface area contributed by atoms with Crippen LogP contribution < -0.4 is 11.1 Å². The summed E-state index contributed by atoms with van der Waals surface area (Å²) in [6.45, 7) is 1.34. The zero-order chi connectivity index (χ0) is 26.0. The molecule has 8 nitrogen and oxygen atoms in total. The number of hydrogen-bond acceptors (Lipinski definition) is 6. The van der Waals surface area contributed by atoms with Gasteiger partial charge in [-0.3, -0.25) is 9.59 Å². The summed E-state index contributed by atoms with van der Waals surface area (Å²) in [6.07, 6.45) is 0. The second-order valence-corrected chi connectivity index (χ2v) is 10.4. The molecular weight excluding hydrogens is 500 g/mol. The first-order chi connectivity index (χ1) is 17.1. The van der Waals surface area contributed by atoms with Crippen LogP contribution in [0.25, 0.3) is 0 Å². The standard InChI is InChI=1S/C26H21ClN4O4S/c1-16(32)30-20-11-13-21(14-12-20)36(34,35)31-24(17-7-9-19(27)10-8-17)22(15-28)23(29)25(31)26(33)18-5-3-2-4-6-18/h2-14,24-25H,29H2,1H3,(H,30,32)/t24-,25-/m0/s1. The van der Waals surface area contributed by atoms with E-state index in [1.165, 1.54) is 31.2 Å². The Morgan fingerprint density at radius 1 is 1.00 bits per heavy atom. The summed E-state index contributed by atoms with van der Waals surface area (Å²) in [6, 6.07) is 19.4. The minimum Gasteiger partial charge on any atom is -0.399 e. The molecule has 1 heterocycles. The largest absolute Gasteiger partial charge is 0.399 e. The van der Waals surface area contributed by atoms with E-state index < -0.39 is 27.9 Å². The topological polar surface area (TPSA) is 133 Å². The first kappa shape index (κ1) is 25.1.